The van der Waals surface area contributed by atoms with Gasteiger partial charge in [-0.05, 0) is 47.9 Å². The second-order valence-corrected chi connectivity index (χ2v) is 7.92. The van der Waals surface area contributed by atoms with Gasteiger partial charge in [-0.1, -0.05) is 23.7 Å². The number of hydrogen-bond donors (Lipinski definition) is 0. The number of alkyl halides is 3. The summed E-state index contributed by atoms with van der Waals surface area (Å²) in [6, 6.07) is 12.9. The molecule has 1 unspecified atom stereocenters. The van der Waals surface area contributed by atoms with Crippen molar-refractivity contribution in [2.24, 2.45) is 0 Å². The monoisotopic (exact) mass is 449 g/mol. The van der Waals surface area contributed by atoms with E-state index in [0.29, 0.717) is 22.7 Å². The summed E-state index contributed by atoms with van der Waals surface area (Å²) in [5.74, 6) is 0. The van der Waals surface area contributed by atoms with Crippen molar-refractivity contribution in [3.63, 3.8) is 0 Å². The van der Waals surface area contributed by atoms with Crippen LogP contribution in [-0.2, 0) is 19.3 Å². The van der Waals surface area contributed by atoms with Gasteiger partial charge in [0.15, 0.2) is 0 Å². The average Bonchev–Trinajstić information content (AvgIpc) is 3.10. The average molecular weight is 450 g/mol. The lowest BCUT2D eigenvalue weighted by Gasteiger charge is -2.31. The Kier molecular flexibility index (Phi) is 5.77. The first-order valence-electron chi connectivity index (χ1n) is 9.73. The quantitative estimate of drug-likeness (QED) is 0.359. The van der Waals surface area contributed by atoms with Crippen molar-refractivity contribution in [2.75, 3.05) is 6.54 Å². The van der Waals surface area contributed by atoms with Crippen LogP contribution in [-0.4, -0.2) is 20.9 Å². The van der Waals surface area contributed by atoms with E-state index in [4.69, 9.17) is 11.6 Å². The number of nitro groups is 1. The minimum Gasteiger partial charge on any atom is -0.350 e. The van der Waals surface area contributed by atoms with E-state index in [0.717, 1.165) is 24.7 Å². The summed E-state index contributed by atoms with van der Waals surface area (Å²) in [6.45, 7) is 1.60. The summed E-state index contributed by atoms with van der Waals surface area (Å²) < 4.78 is 42.1. The van der Waals surface area contributed by atoms with Crippen LogP contribution >= 0.6 is 11.6 Å². The number of halogens is 4. The van der Waals surface area contributed by atoms with Crippen LogP contribution in [0.15, 0.2) is 60.8 Å². The molecule has 1 atom stereocenters. The summed E-state index contributed by atoms with van der Waals surface area (Å²) >= 11 is 6.32. The third kappa shape index (κ3) is 4.45. The fourth-order valence-corrected chi connectivity index (χ4v) is 4.27. The number of benzene rings is 2. The van der Waals surface area contributed by atoms with Gasteiger partial charge in [0.05, 0.1) is 16.5 Å². The summed E-state index contributed by atoms with van der Waals surface area (Å²) in [4.78, 5) is 12.7. The lowest BCUT2D eigenvalue weighted by molar-refractivity contribution is -0.384. The molecule has 31 heavy (non-hydrogen) atoms. The predicted molar refractivity (Wildman–Crippen MR) is 111 cm³/mol. The second kappa shape index (κ2) is 8.36. The molecule has 5 nitrogen and oxygen atoms in total. The summed E-state index contributed by atoms with van der Waals surface area (Å²) in [5, 5.41) is 11.6. The van der Waals surface area contributed by atoms with Crippen molar-refractivity contribution in [3.8, 4) is 0 Å². The number of nitrogens with zero attached hydrogens (tertiary/aromatic N) is 3. The van der Waals surface area contributed by atoms with Crippen molar-refractivity contribution in [1.82, 2.24) is 9.47 Å². The van der Waals surface area contributed by atoms with Crippen LogP contribution in [0.1, 0.15) is 34.8 Å². The van der Waals surface area contributed by atoms with E-state index in [1.165, 1.54) is 30.3 Å². The Hall–Kier alpha value is -2.84. The molecule has 0 spiro atoms. The second-order valence-electron chi connectivity index (χ2n) is 7.51. The number of rotatable bonds is 4. The lowest BCUT2D eigenvalue weighted by Crippen LogP contribution is -2.30. The van der Waals surface area contributed by atoms with E-state index in [9.17, 15) is 23.3 Å². The standard InChI is InChI=1S/C22H19ClF3N3O2/c23-19-8-7-18(29(30)31)13-16(19)14-28-11-3-10-27-9-2-6-20(27)21(28)15-4-1-5-17(12-15)22(24,25)26/h1-2,4-9,12-13,21H,3,10-11,14H2. The van der Waals surface area contributed by atoms with Gasteiger partial charge in [0.1, 0.15) is 0 Å². The normalized spacial score (nSPS) is 17.2. The maximum atomic E-state index is 13.4. The van der Waals surface area contributed by atoms with Crippen LogP contribution < -0.4 is 0 Å². The molecule has 0 aliphatic carbocycles. The van der Waals surface area contributed by atoms with Crippen LogP contribution in [0.2, 0.25) is 5.02 Å². The zero-order valence-corrected chi connectivity index (χ0v) is 17.1. The lowest BCUT2D eigenvalue weighted by atomic mass is 9.98. The minimum atomic E-state index is -4.45. The highest BCUT2D eigenvalue weighted by Gasteiger charge is 2.33. The molecule has 0 saturated carbocycles. The molecule has 0 fully saturated rings. The Morgan fingerprint density at radius 2 is 1.90 bits per heavy atom. The smallest absolute Gasteiger partial charge is 0.350 e. The van der Waals surface area contributed by atoms with E-state index < -0.39 is 22.7 Å². The molecule has 0 N–H and O–H groups in total. The van der Waals surface area contributed by atoms with E-state index in [1.807, 2.05) is 27.8 Å². The third-order valence-corrected chi connectivity index (χ3v) is 5.87. The van der Waals surface area contributed by atoms with Gasteiger partial charge in [0, 0.05) is 48.7 Å². The van der Waals surface area contributed by atoms with Gasteiger partial charge in [-0.3, -0.25) is 15.0 Å². The highest BCUT2D eigenvalue weighted by molar-refractivity contribution is 6.31. The molecule has 162 valence electrons. The third-order valence-electron chi connectivity index (χ3n) is 5.50. The highest BCUT2D eigenvalue weighted by atomic mass is 35.5. The number of aromatic nitrogens is 1. The predicted octanol–water partition coefficient (Wildman–Crippen LogP) is 6.06. The number of fused-ring (bicyclic) bond motifs is 1. The van der Waals surface area contributed by atoms with Crippen LogP contribution in [0.4, 0.5) is 18.9 Å². The van der Waals surface area contributed by atoms with Crippen molar-refractivity contribution >= 4 is 17.3 Å². The van der Waals surface area contributed by atoms with Gasteiger partial charge in [0.25, 0.3) is 5.69 Å². The van der Waals surface area contributed by atoms with E-state index in [2.05, 4.69) is 0 Å². The highest BCUT2D eigenvalue weighted by Crippen LogP contribution is 2.37. The van der Waals surface area contributed by atoms with Gasteiger partial charge in [-0.25, -0.2) is 0 Å². The largest absolute Gasteiger partial charge is 0.416 e. The summed E-state index contributed by atoms with van der Waals surface area (Å²) in [5.41, 5.74) is 1.17. The van der Waals surface area contributed by atoms with Gasteiger partial charge in [-0.2, -0.15) is 13.2 Å². The van der Waals surface area contributed by atoms with E-state index >= 15 is 0 Å². The zero-order valence-electron chi connectivity index (χ0n) is 16.3. The first kappa shape index (κ1) is 21.4. The molecular formula is C22H19ClF3N3O2. The molecule has 0 bridgehead atoms. The Bertz CT molecular complexity index is 1110. The SMILES string of the molecule is O=[N+]([O-])c1ccc(Cl)c(CN2CCCn3cccc3C2c2cccc(C(F)(F)F)c2)c1. The Balaban J connectivity index is 1.78. The van der Waals surface area contributed by atoms with Gasteiger partial charge < -0.3 is 4.57 Å². The van der Waals surface area contributed by atoms with Crippen LogP contribution in [0, 0.1) is 10.1 Å². The molecule has 1 aromatic heterocycles. The maximum absolute atomic E-state index is 13.4. The fourth-order valence-electron chi connectivity index (χ4n) is 4.09. The Morgan fingerprint density at radius 1 is 1.10 bits per heavy atom. The molecule has 0 saturated heterocycles. The molecule has 4 rings (SSSR count). The number of aryl methyl sites for hydroxylation is 1. The molecular weight excluding hydrogens is 431 g/mol. The summed E-state index contributed by atoms with van der Waals surface area (Å²) in [6.07, 6.45) is -1.75. The zero-order chi connectivity index (χ0) is 22.2. The topological polar surface area (TPSA) is 51.3 Å². The molecule has 1 aliphatic heterocycles. The molecule has 0 amide bonds. The van der Waals surface area contributed by atoms with Gasteiger partial charge >= 0.3 is 6.18 Å². The molecule has 2 heterocycles. The van der Waals surface area contributed by atoms with Crippen molar-refractivity contribution in [2.45, 2.75) is 31.7 Å². The van der Waals surface area contributed by atoms with Crippen molar-refractivity contribution in [3.05, 3.63) is 98.3 Å². The maximum Gasteiger partial charge on any atom is 0.416 e. The van der Waals surface area contributed by atoms with Crippen LogP contribution in [0.5, 0.6) is 0 Å². The Morgan fingerprint density at radius 3 is 2.65 bits per heavy atom. The first-order chi connectivity index (χ1) is 14.7. The molecule has 2 aromatic carbocycles. The Labute approximate surface area is 181 Å². The van der Waals surface area contributed by atoms with Gasteiger partial charge in [-0.15, -0.1) is 0 Å². The molecule has 9 heteroatoms. The molecule has 3 aromatic rings. The number of non-ortho nitro benzene ring substituents is 1. The van der Waals surface area contributed by atoms with E-state index in [1.54, 1.807) is 6.07 Å². The van der Waals surface area contributed by atoms with Gasteiger partial charge in [0.2, 0.25) is 0 Å². The van der Waals surface area contributed by atoms with Crippen molar-refractivity contribution in [1.29, 1.82) is 0 Å². The van der Waals surface area contributed by atoms with Crippen LogP contribution in [0.25, 0.3) is 0 Å². The minimum absolute atomic E-state index is 0.0757. The molecule has 0 radical (unpaired) electrons. The van der Waals surface area contributed by atoms with Crippen LogP contribution in [0.3, 0.4) is 0 Å². The number of nitro benzene ring substituents is 1. The van der Waals surface area contributed by atoms with E-state index in [-0.39, 0.29) is 12.2 Å². The fraction of sp³-hybridized carbons (Fsp3) is 0.273. The molecule has 1 aliphatic rings. The number of hydrogen-bond acceptors (Lipinski definition) is 3. The summed E-state index contributed by atoms with van der Waals surface area (Å²) in [7, 11) is 0. The first-order valence-corrected chi connectivity index (χ1v) is 10.1. The van der Waals surface area contributed by atoms with Crippen molar-refractivity contribution < 1.29 is 18.1 Å².